The van der Waals surface area contributed by atoms with Crippen LogP contribution in [0.4, 0.5) is 0 Å². The summed E-state index contributed by atoms with van der Waals surface area (Å²) in [6.45, 7) is 20.5. The molecule has 0 spiro atoms. The Kier molecular flexibility index (Phi) is 6.27. The first-order chi connectivity index (χ1) is 13.5. The van der Waals surface area contributed by atoms with Crippen molar-refractivity contribution < 1.29 is 4.90 Å². The molecule has 1 heterocycles. The van der Waals surface area contributed by atoms with Gasteiger partial charge < -0.3 is 4.90 Å². The summed E-state index contributed by atoms with van der Waals surface area (Å²) in [6, 6.07) is 24.1. The van der Waals surface area contributed by atoms with Crippen LogP contribution in [0, 0.1) is 10.8 Å². The summed E-state index contributed by atoms with van der Waals surface area (Å²) >= 11 is 0. The molecular weight excluding hydrogens is 352 g/mol. The second-order valence-electron chi connectivity index (χ2n) is 11.1. The van der Waals surface area contributed by atoms with Gasteiger partial charge in [0, 0.05) is 17.0 Å². The molecule has 158 valence electrons. The molecule has 1 aliphatic heterocycles. The van der Waals surface area contributed by atoms with E-state index in [0.717, 1.165) is 6.67 Å². The van der Waals surface area contributed by atoms with Gasteiger partial charge in [0.25, 0.3) is 0 Å². The predicted octanol–water partition coefficient (Wildman–Crippen LogP) is 5.50. The average molecular weight is 394 g/mol. The van der Waals surface area contributed by atoms with Gasteiger partial charge in [0.1, 0.15) is 18.8 Å². The Morgan fingerprint density at radius 2 is 1.24 bits per heavy atom. The maximum absolute atomic E-state index is 2.79. The van der Waals surface area contributed by atoms with Crippen LogP contribution in [0.3, 0.4) is 0 Å². The number of nitrogens with one attached hydrogen (secondary N) is 1. The smallest absolute Gasteiger partial charge is 0.135 e. The van der Waals surface area contributed by atoms with E-state index >= 15 is 0 Å². The third-order valence-corrected chi connectivity index (χ3v) is 6.89. The highest BCUT2D eigenvalue weighted by molar-refractivity contribution is 5.20. The highest BCUT2D eigenvalue weighted by Crippen LogP contribution is 2.40. The van der Waals surface area contributed by atoms with E-state index < -0.39 is 0 Å². The SMILES string of the molecule is C[C@@H](c1ccccc1)N1C[NH+]([C@@H](C)c2ccccc2)[C@H](C(C)(C)C)[C@H]1C(C)(C)C. The van der Waals surface area contributed by atoms with Crippen molar-refractivity contribution >= 4 is 0 Å². The number of benzene rings is 2. The van der Waals surface area contributed by atoms with Gasteiger partial charge in [-0.25, -0.2) is 4.90 Å². The third-order valence-electron chi connectivity index (χ3n) is 6.89. The van der Waals surface area contributed by atoms with Crippen LogP contribution < -0.4 is 4.90 Å². The second kappa shape index (κ2) is 8.24. The average Bonchev–Trinajstić information content (AvgIpc) is 3.10. The topological polar surface area (TPSA) is 7.68 Å². The fourth-order valence-corrected chi connectivity index (χ4v) is 5.49. The molecule has 1 aliphatic rings. The van der Waals surface area contributed by atoms with Crippen LogP contribution in [0.25, 0.3) is 0 Å². The van der Waals surface area contributed by atoms with E-state index in [2.05, 4.69) is 121 Å². The minimum absolute atomic E-state index is 0.207. The molecule has 1 unspecified atom stereocenters. The van der Waals surface area contributed by atoms with Crippen LogP contribution in [0.5, 0.6) is 0 Å². The van der Waals surface area contributed by atoms with E-state index in [1.807, 2.05) is 0 Å². The molecule has 0 aromatic heterocycles. The Labute approximate surface area is 178 Å². The van der Waals surface area contributed by atoms with Crippen molar-refractivity contribution in [2.45, 2.75) is 79.6 Å². The van der Waals surface area contributed by atoms with Crippen molar-refractivity contribution in [3.05, 3.63) is 71.8 Å². The van der Waals surface area contributed by atoms with Crippen molar-refractivity contribution in [1.29, 1.82) is 0 Å². The lowest BCUT2D eigenvalue weighted by molar-refractivity contribution is -0.952. The molecule has 2 aromatic carbocycles. The summed E-state index contributed by atoms with van der Waals surface area (Å²) in [5.41, 5.74) is 3.29. The van der Waals surface area contributed by atoms with E-state index in [4.69, 9.17) is 0 Å². The van der Waals surface area contributed by atoms with Crippen molar-refractivity contribution in [1.82, 2.24) is 4.90 Å². The molecule has 0 saturated carbocycles. The van der Waals surface area contributed by atoms with Crippen LogP contribution >= 0.6 is 0 Å². The summed E-state index contributed by atoms with van der Waals surface area (Å²) in [6.07, 6.45) is 0. The molecule has 1 fully saturated rings. The first kappa shape index (κ1) is 22.1. The van der Waals surface area contributed by atoms with E-state index in [0.29, 0.717) is 24.2 Å². The van der Waals surface area contributed by atoms with Gasteiger partial charge in [-0.05, 0) is 24.8 Å². The highest BCUT2D eigenvalue weighted by Gasteiger charge is 2.56. The molecule has 29 heavy (non-hydrogen) atoms. The first-order valence-electron chi connectivity index (χ1n) is 11.2. The number of rotatable bonds is 4. The van der Waals surface area contributed by atoms with E-state index in [1.54, 1.807) is 4.90 Å². The molecule has 1 saturated heterocycles. The molecule has 0 radical (unpaired) electrons. The van der Waals surface area contributed by atoms with Crippen LogP contribution in [0.2, 0.25) is 0 Å². The normalized spacial score (nSPS) is 25.7. The van der Waals surface area contributed by atoms with Crippen LogP contribution in [-0.2, 0) is 0 Å². The minimum Gasteiger partial charge on any atom is -0.312 e. The Bertz CT molecular complexity index is 702. The van der Waals surface area contributed by atoms with Crippen LogP contribution in [0.1, 0.15) is 78.6 Å². The number of hydrogen-bond acceptors (Lipinski definition) is 1. The lowest BCUT2D eigenvalue weighted by Crippen LogP contribution is -3.16. The number of nitrogens with zero attached hydrogens (tertiary/aromatic N) is 1. The molecule has 3 rings (SSSR count). The molecule has 1 N–H and O–H groups in total. The molecule has 0 amide bonds. The summed E-state index contributed by atoms with van der Waals surface area (Å²) in [5, 5.41) is 0. The Hall–Kier alpha value is -1.64. The fraction of sp³-hybridized carbons (Fsp3) is 0.556. The number of hydrogen-bond donors (Lipinski definition) is 1. The maximum Gasteiger partial charge on any atom is 0.135 e. The van der Waals surface area contributed by atoms with Gasteiger partial charge in [0.05, 0.1) is 6.04 Å². The van der Waals surface area contributed by atoms with Gasteiger partial charge in [-0.15, -0.1) is 0 Å². The van der Waals surface area contributed by atoms with Gasteiger partial charge in [-0.3, -0.25) is 0 Å². The molecular formula is C27H41N2+. The van der Waals surface area contributed by atoms with Crippen LogP contribution in [-0.4, -0.2) is 23.7 Å². The Balaban J connectivity index is 2.05. The molecule has 2 nitrogen and oxygen atoms in total. The predicted molar refractivity (Wildman–Crippen MR) is 124 cm³/mol. The molecule has 2 heteroatoms. The lowest BCUT2D eigenvalue weighted by atomic mass is 9.72. The quantitative estimate of drug-likeness (QED) is 0.721. The Morgan fingerprint density at radius 1 is 0.759 bits per heavy atom. The summed E-state index contributed by atoms with van der Waals surface area (Å²) < 4.78 is 0. The zero-order chi connectivity index (χ0) is 21.4. The first-order valence-corrected chi connectivity index (χ1v) is 11.2. The van der Waals surface area contributed by atoms with Crippen molar-refractivity contribution in [3.8, 4) is 0 Å². The summed E-state index contributed by atoms with van der Waals surface area (Å²) in [7, 11) is 0. The van der Waals surface area contributed by atoms with E-state index in [-0.39, 0.29) is 10.8 Å². The monoisotopic (exact) mass is 393 g/mol. The van der Waals surface area contributed by atoms with Crippen molar-refractivity contribution in [2.24, 2.45) is 10.8 Å². The van der Waals surface area contributed by atoms with Crippen LogP contribution in [0.15, 0.2) is 60.7 Å². The zero-order valence-corrected chi connectivity index (χ0v) is 19.7. The van der Waals surface area contributed by atoms with Gasteiger partial charge in [-0.2, -0.15) is 0 Å². The minimum atomic E-state index is 0.207. The maximum atomic E-state index is 2.79. The molecule has 2 aromatic rings. The second-order valence-corrected chi connectivity index (χ2v) is 11.1. The van der Waals surface area contributed by atoms with Gasteiger partial charge in [0.15, 0.2) is 0 Å². The molecule has 0 bridgehead atoms. The zero-order valence-electron chi connectivity index (χ0n) is 19.7. The number of quaternary nitrogens is 1. The standard InChI is InChI=1S/C27H40N2/c1-20(22-15-11-9-12-16-22)28-19-29(21(2)23-17-13-10-14-18-23)25(27(6,7)8)24(28)26(3,4)5/h9-18,20-21,24-25H,19H2,1-8H3/p+1/t20-,21-,24-,25-/m0/s1. The van der Waals surface area contributed by atoms with E-state index in [1.165, 1.54) is 11.1 Å². The largest absolute Gasteiger partial charge is 0.312 e. The summed E-state index contributed by atoms with van der Waals surface area (Å²) in [4.78, 5) is 4.49. The van der Waals surface area contributed by atoms with Gasteiger partial charge in [0.2, 0.25) is 0 Å². The highest BCUT2D eigenvalue weighted by atomic mass is 15.4. The van der Waals surface area contributed by atoms with Gasteiger partial charge >= 0.3 is 0 Å². The Morgan fingerprint density at radius 3 is 1.69 bits per heavy atom. The fourth-order valence-electron chi connectivity index (χ4n) is 5.49. The molecule has 5 atom stereocenters. The van der Waals surface area contributed by atoms with E-state index in [9.17, 15) is 0 Å². The van der Waals surface area contributed by atoms with Crippen molar-refractivity contribution in [3.63, 3.8) is 0 Å². The summed E-state index contributed by atoms with van der Waals surface area (Å²) in [5.74, 6) is 0. The lowest BCUT2D eigenvalue weighted by Gasteiger charge is -2.43. The van der Waals surface area contributed by atoms with Gasteiger partial charge in [-0.1, -0.05) is 102 Å². The molecule has 0 aliphatic carbocycles. The third kappa shape index (κ3) is 4.59. The van der Waals surface area contributed by atoms with Crippen molar-refractivity contribution in [2.75, 3.05) is 6.67 Å².